The standard InChI is InChI=1S/C15H19N3O/c1-17-8-9-18(2)14-10-12(4-5-13(14)17)15(16-11-19)6-3-7-15/h4-5,10H,3,6-9H2,1-2H3. The average Bonchev–Trinajstić information content (AvgIpc) is 2.38. The Morgan fingerprint density at radius 1 is 1.16 bits per heavy atom. The highest BCUT2D eigenvalue weighted by Gasteiger charge is 2.39. The summed E-state index contributed by atoms with van der Waals surface area (Å²) in [5.41, 5.74) is 3.34. The van der Waals surface area contributed by atoms with Crippen LogP contribution in [0.1, 0.15) is 24.8 Å². The van der Waals surface area contributed by atoms with Crippen LogP contribution in [0.15, 0.2) is 23.2 Å². The van der Waals surface area contributed by atoms with Crippen LogP contribution in [0.5, 0.6) is 0 Å². The second kappa shape index (κ2) is 4.39. The Bertz CT molecular complexity index is 544. The van der Waals surface area contributed by atoms with E-state index in [1.807, 2.05) is 0 Å². The molecule has 0 saturated heterocycles. The first-order valence-corrected chi connectivity index (χ1v) is 6.82. The van der Waals surface area contributed by atoms with E-state index in [-0.39, 0.29) is 5.54 Å². The van der Waals surface area contributed by atoms with Crippen molar-refractivity contribution in [2.24, 2.45) is 4.99 Å². The molecule has 1 saturated carbocycles. The van der Waals surface area contributed by atoms with Crippen LogP contribution in [-0.2, 0) is 10.3 Å². The maximum atomic E-state index is 10.7. The van der Waals surface area contributed by atoms with Crippen molar-refractivity contribution in [1.82, 2.24) is 0 Å². The van der Waals surface area contributed by atoms with Gasteiger partial charge in [-0.25, -0.2) is 4.79 Å². The van der Waals surface area contributed by atoms with Crippen LogP contribution in [0.3, 0.4) is 0 Å². The number of benzene rings is 1. The second-order valence-electron chi connectivity index (χ2n) is 5.63. The van der Waals surface area contributed by atoms with Gasteiger partial charge in [-0.05, 0) is 37.0 Å². The van der Waals surface area contributed by atoms with E-state index in [1.54, 1.807) is 6.08 Å². The Hall–Kier alpha value is -1.80. The molecule has 1 aromatic carbocycles. The highest BCUT2D eigenvalue weighted by Crippen LogP contribution is 2.47. The molecule has 0 bridgehead atoms. The lowest BCUT2D eigenvalue weighted by molar-refractivity contribution is 0.256. The first-order chi connectivity index (χ1) is 9.16. The molecule has 4 nitrogen and oxygen atoms in total. The van der Waals surface area contributed by atoms with Crippen molar-refractivity contribution in [3.63, 3.8) is 0 Å². The molecular formula is C15H19N3O. The molecule has 19 heavy (non-hydrogen) atoms. The Kier molecular flexibility index (Phi) is 2.83. The minimum absolute atomic E-state index is 0.298. The Labute approximate surface area is 113 Å². The van der Waals surface area contributed by atoms with Crippen LogP contribution in [0, 0.1) is 0 Å². The Morgan fingerprint density at radius 2 is 1.84 bits per heavy atom. The van der Waals surface area contributed by atoms with Gasteiger partial charge >= 0.3 is 0 Å². The molecule has 1 aromatic rings. The van der Waals surface area contributed by atoms with Gasteiger partial charge in [0.1, 0.15) is 0 Å². The van der Waals surface area contributed by atoms with E-state index in [1.165, 1.54) is 11.4 Å². The zero-order valence-electron chi connectivity index (χ0n) is 11.5. The number of isocyanates is 1. The maximum Gasteiger partial charge on any atom is 0.235 e. The monoisotopic (exact) mass is 257 g/mol. The van der Waals surface area contributed by atoms with Gasteiger partial charge in [0.15, 0.2) is 0 Å². The number of fused-ring (bicyclic) bond motifs is 1. The van der Waals surface area contributed by atoms with Gasteiger partial charge in [0.2, 0.25) is 6.08 Å². The molecule has 0 atom stereocenters. The normalized spacial score (nSPS) is 20.3. The van der Waals surface area contributed by atoms with E-state index in [2.05, 4.69) is 47.1 Å². The largest absolute Gasteiger partial charge is 0.371 e. The topological polar surface area (TPSA) is 35.9 Å². The summed E-state index contributed by atoms with van der Waals surface area (Å²) >= 11 is 0. The van der Waals surface area contributed by atoms with Crippen LogP contribution in [0.2, 0.25) is 0 Å². The van der Waals surface area contributed by atoms with Gasteiger partial charge in [0.05, 0.1) is 16.9 Å². The lowest BCUT2D eigenvalue weighted by Crippen LogP contribution is -2.38. The minimum Gasteiger partial charge on any atom is -0.371 e. The van der Waals surface area contributed by atoms with Crippen LogP contribution < -0.4 is 9.80 Å². The zero-order chi connectivity index (χ0) is 13.5. The van der Waals surface area contributed by atoms with Crippen molar-refractivity contribution in [3.8, 4) is 0 Å². The predicted molar refractivity (Wildman–Crippen MR) is 76.6 cm³/mol. The fourth-order valence-corrected chi connectivity index (χ4v) is 3.05. The third kappa shape index (κ3) is 1.83. The van der Waals surface area contributed by atoms with Crippen molar-refractivity contribution >= 4 is 17.5 Å². The van der Waals surface area contributed by atoms with Crippen LogP contribution in [0.25, 0.3) is 0 Å². The predicted octanol–water partition coefficient (Wildman–Crippen LogP) is 2.29. The number of likely N-dealkylation sites (N-methyl/N-ethyl adjacent to an activating group) is 2. The molecular weight excluding hydrogens is 238 g/mol. The van der Waals surface area contributed by atoms with Gasteiger partial charge in [-0.1, -0.05) is 6.07 Å². The summed E-state index contributed by atoms with van der Waals surface area (Å²) in [6.45, 7) is 2.07. The molecule has 1 aliphatic carbocycles. The summed E-state index contributed by atoms with van der Waals surface area (Å²) in [5.74, 6) is 0. The number of carbonyl (C=O) groups excluding carboxylic acids is 1. The number of anilines is 2. The van der Waals surface area contributed by atoms with Crippen LogP contribution in [0.4, 0.5) is 11.4 Å². The van der Waals surface area contributed by atoms with Gasteiger partial charge in [0, 0.05) is 27.2 Å². The molecule has 1 heterocycles. The van der Waals surface area contributed by atoms with Crippen LogP contribution in [-0.4, -0.2) is 33.3 Å². The van der Waals surface area contributed by atoms with E-state index in [9.17, 15) is 4.79 Å². The van der Waals surface area contributed by atoms with Crippen molar-refractivity contribution in [1.29, 1.82) is 0 Å². The Balaban J connectivity index is 2.05. The fourth-order valence-electron chi connectivity index (χ4n) is 3.05. The van der Waals surface area contributed by atoms with E-state index in [4.69, 9.17) is 0 Å². The smallest absolute Gasteiger partial charge is 0.235 e. The highest BCUT2D eigenvalue weighted by molar-refractivity contribution is 5.74. The summed E-state index contributed by atoms with van der Waals surface area (Å²) in [6, 6.07) is 6.47. The van der Waals surface area contributed by atoms with Crippen LogP contribution >= 0.6 is 0 Å². The molecule has 0 N–H and O–H groups in total. The van der Waals surface area contributed by atoms with E-state index in [0.717, 1.165) is 37.9 Å². The number of nitrogens with zero attached hydrogens (tertiary/aromatic N) is 3. The first kappa shape index (κ1) is 12.2. The molecule has 3 rings (SSSR count). The third-order valence-corrected chi connectivity index (χ3v) is 4.55. The molecule has 0 unspecified atom stereocenters. The van der Waals surface area contributed by atoms with Crippen molar-refractivity contribution in [3.05, 3.63) is 23.8 Å². The van der Waals surface area contributed by atoms with Crippen molar-refractivity contribution in [2.45, 2.75) is 24.8 Å². The zero-order valence-corrected chi connectivity index (χ0v) is 11.5. The van der Waals surface area contributed by atoms with Crippen molar-refractivity contribution < 1.29 is 4.79 Å². The fraction of sp³-hybridized carbons (Fsp3) is 0.533. The number of aliphatic imine (C=N–C) groups is 1. The quantitative estimate of drug-likeness (QED) is 0.602. The van der Waals surface area contributed by atoms with Crippen molar-refractivity contribution in [2.75, 3.05) is 37.0 Å². The Morgan fingerprint density at radius 3 is 2.42 bits per heavy atom. The van der Waals surface area contributed by atoms with E-state index in [0.29, 0.717) is 0 Å². The summed E-state index contributed by atoms with van der Waals surface area (Å²) in [6.07, 6.45) is 4.81. The molecule has 4 heteroatoms. The first-order valence-electron chi connectivity index (χ1n) is 6.82. The summed E-state index contributed by atoms with van der Waals surface area (Å²) in [5, 5.41) is 0. The van der Waals surface area contributed by atoms with Gasteiger partial charge in [-0.2, -0.15) is 4.99 Å². The molecule has 0 aromatic heterocycles. The molecule has 100 valence electrons. The third-order valence-electron chi connectivity index (χ3n) is 4.55. The SMILES string of the molecule is CN1CCN(C)c2cc(C3(N=C=O)CCC3)ccc21. The highest BCUT2D eigenvalue weighted by atomic mass is 16.1. The lowest BCUT2D eigenvalue weighted by atomic mass is 9.72. The summed E-state index contributed by atoms with van der Waals surface area (Å²) in [4.78, 5) is 19.3. The second-order valence-corrected chi connectivity index (χ2v) is 5.63. The van der Waals surface area contributed by atoms with Gasteiger partial charge in [-0.3, -0.25) is 0 Å². The number of rotatable bonds is 2. The van der Waals surface area contributed by atoms with E-state index >= 15 is 0 Å². The van der Waals surface area contributed by atoms with E-state index < -0.39 is 0 Å². The minimum atomic E-state index is -0.298. The van der Waals surface area contributed by atoms with Gasteiger partial charge < -0.3 is 9.80 Å². The number of hydrogen-bond acceptors (Lipinski definition) is 4. The van der Waals surface area contributed by atoms with Gasteiger partial charge in [0.25, 0.3) is 0 Å². The molecule has 2 aliphatic rings. The molecule has 1 fully saturated rings. The molecule has 0 amide bonds. The van der Waals surface area contributed by atoms with Gasteiger partial charge in [-0.15, -0.1) is 0 Å². The molecule has 1 aliphatic heterocycles. The molecule has 0 radical (unpaired) electrons. The summed E-state index contributed by atoms with van der Waals surface area (Å²) < 4.78 is 0. The molecule has 0 spiro atoms. The lowest BCUT2D eigenvalue weighted by Gasteiger charge is -2.40. The maximum absolute atomic E-state index is 10.7. The average molecular weight is 257 g/mol. The summed E-state index contributed by atoms with van der Waals surface area (Å²) in [7, 11) is 4.24. The number of hydrogen-bond donors (Lipinski definition) is 0.